The molecule has 0 bridgehead atoms. The van der Waals surface area contributed by atoms with Crippen LogP contribution in [0.15, 0.2) is 28.7 Å². The first-order valence-corrected chi connectivity index (χ1v) is 5.16. The summed E-state index contributed by atoms with van der Waals surface area (Å²) in [5.41, 5.74) is 0.479. The number of halogens is 1. The van der Waals surface area contributed by atoms with Crippen LogP contribution in [0.4, 0.5) is 4.39 Å². The molecule has 0 aliphatic rings. The van der Waals surface area contributed by atoms with E-state index in [9.17, 15) is 9.18 Å². The van der Waals surface area contributed by atoms with Gasteiger partial charge in [0.05, 0.1) is 13.1 Å². The Morgan fingerprint density at radius 3 is 3.00 bits per heavy atom. The molecule has 2 aromatic rings. The molecule has 1 aromatic heterocycles. The lowest BCUT2D eigenvalue weighted by atomic mass is 10.2. The van der Waals surface area contributed by atoms with Gasteiger partial charge in [-0.25, -0.2) is 4.39 Å². The zero-order valence-corrected chi connectivity index (χ0v) is 9.26. The molecule has 2 N–H and O–H groups in total. The molecule has 1 aromatic carbocycles. The molecule has 18 heavy (non-hydrogen) atoms. The predicted molar refractivity (Wildman–Crippen MR) is 59.0 cm³/mol. The minimum Gasteiger partial charge on any atom is -0.480 e. The third-order valence-electron chi connectivity index (χ3n) is 2.09. The van der Waals surface area contributed by atoms with Crippen molar-refractivity contribution >= 4 is 5.97 Å². The van der Waals surface area contributed by atoms with Crippen molar-refractivity contribution in [3.63, 3.8) is 0 Å². The van der Waals surface area contributed by atoms with E-state index in [1.807, 2.05) is 0 Å². The van der Waals surface area contributed by atoms with Crippen LogP contribution in [0.25, 0.3) is 11.5 Å². The summed E-state index contributed by atoms with van der Waals surface area (Å²) in [6.07, 6.45) is 0. The lowest BCUT2D eigenvalue weighted by Gasteiger charge is -1.96. The molecule has 0 fully saturated rings. The van der Waals surface area contributed by atoms with Gasteiger partial charge in [0.1, 0.15) is 5.82 Å². The molecule has 0 spiro atoms. The van der Waals surface area contributed by atoms with Gasteiger partial charge < -0.3 is 9.52 Å². The van der Waals surface area contributed by atoms with Crippen molar-refractivity contribution in [3.8, 4) is 11.5 Å². The molecule has 0 unspecified atom stereocenters. The summed E-state index contributed by atoms with van der Waals surface area (Å²) in [5, 5.41) is 18.5. The average Bonchev–Trinajstić information content (AvgIpc) is 2.77. The summed E-state index contributed by atoms with van der Waals surface area (Å²) < 4.78 is 18.2. The van der Waals surface area contributed by atoms with Crippen LogP contribution in [0.5, 0.6) is 0 Å². The second-order valence-electron chi connectivity index (χ2n) is 3.51. The number of aromatic nitrogens is 2. The van der Waals surface area contributed by atoms with Gasteiger partial charge >= 0.3 is 5.97 Å². The first-order chi connectivity index (χ1) is 8.65. The van der Waals surface area contributed by atoms with Crippen LogP contribution in [0.1, 0.15) is 5.89 Å². The maximum Gasteiger partial charge on any atom is 0.317 e. The van der Waals surface area contributed by atoms with E-state index in [1.165, 1.54) is 18.2 Å². The van der Waals surface area contributed by atoms with Gasteiger partial charge in [-0.1, -0.05) is 6.07 Å². The highest BCUT2D eigenvalue weighted by Crippen LogP contribution is 2.18. The predicted octanol–water partition coefficient (Wildman–Crippen LogP) is 1.05. The number of hydrogen-bond acceptors (Lipinski definition) is 5. The molecule has 94 valence electrons. The molecule has 0 radical (unpaired) electrons. The van der Waals surface area contributed by atoms with Gasteiger partial charge in [-0.15, -0.1) is 10.2 Å². The Bertz CT molecular complexity index is 556. The fourth-order valence-electron chi connectivity index (χ4n) is 1.34. The highest BCUT2D eigenvalue weighted by molar-refractivity contribution is 5.68. The first kappa shape index (κ1) is 12.2. The Kier molecular flexibility index (Phi) is 3.63. The zero-order chi connectivity index (χ0) is 13.0. The minimum atomic E-state index is -0.972. The zero-order valence-electron chi connectivity index (χ0n) is 9.26. The van der Waals surface area contributed by atoms with E-state index in [-0.39, 0.29) is 24.9 Å². The van der Waals surface area contributed by atoms with Crippen LogP contribution >= 0.6 is 0 Å². The van der Waals surface area contributed by atoms with E-state index in [0.29, 0.717) is 5.56 Å². The van der Waals surface area contributed by atoms with Crippen molar-refractivity contribution in [3.05, 3.63) is 36.0 Å². The van der Waals surface area contributed by atoms with Gasteiger partial charge in [-0.05, 0) is 18.2 Å². The third-order valence-corrected chi connectivity index (χ3v) is 2.09. The molecule has 0 saturated carbocycles. The van der Waals surface area contributed by atoms with Crippen molar-refractivity contribution in [2.75, 3.05) is 6.54 Å². The quantitative estimate of drug-likeness (QED) is 0.825. The molecule has 0 amide bonds. The van der Waals surface area contributed by atoms with Gasteiger partial charge in [-0.2, -0.15) is 0 Å². The van der Waals surface area contributed by atoms with E-state index in [4.69, 9.17) is 9.52 Å². The number of aliphatic carboxylic acids is 1. The first-order valence-electron chi connectivity index (χ1n) is 5.16. The van der Waals surface area contributed by atoms with Gasteiger partial charge in [0, 0.05) is 5.56 Å². The Balaban J connectivity index is 2.04. The molecule has 0 saturated heterocycles. The molecule has 0 aliphatic heterocycles. The summed E-state index contributed by atoms with van der Waals surface area (Å²) in [4.78, 5) is 10.3. The maximum atomic E-state index is 13.0. The second kappa shape index (κ2) is 5.37. The lowest BCUT2D eigenvalue weighted by molar-refractivity contribution is -0.136. The molecule has 0 atom stereocenters. The SMILES string of the molecule is O=C(O)CNCc1nnc(-c2cccc(F)c2)o1. The van der Waals surface area contributed by atoms with Crippen molar-refractivity contribution in [1.29, 1.82) is 0 Å². The van der Waals surface area contributed by atoms with Crippen LogP contribution in [-0.2, 0) is 11.3 Å². The monoisotopic (exact) mass is 251 g/mol. The molecular formula is C11H10FN3O3. The van der Waals surface area contributed by atoms with Gasteiger partial charge in [0.25, 0.3) is 0 Å². The average molecular weight is 251 g/mol. The van der Waals surface area contributed by atoms with Gasteiger partial charge in [0.2, 0.25) is 11.8 Å². The second-order valence-corrected chi connectivity index (χ2v) is 3.51. The highest BCUT2D eigenvalue weighted by atomic mass is 19.1. The van der Waals surface area contributed by atoms with Crippen LogP contribution in [-0.4, -0.2) is 27.8 Å². The summed E-state index contributed by atoms with van der Waals surface area (Å²) in [6.45, 7) is -0.0493. The smallest absolute Gasteiger partial charge is 0.317 e. The van der Waals surface area contributed by atoms with Crippen molar-refractivity contribution in [2.45, 2.75) is 6.54 Å². The van der Waals surface area contributed by atoms with E-state index >= 15 is 0 Å². The summed E-state index contributed by atoms with van der Waals surface area (Å²) in [6, 6.07) is 5.78. The number of rotatable bonds is 5. The Morgan fingerprint density at radius 1 is 1.44 bits per heavy atom. The fourth-order valence-corrected chi connectivity index (χ4v) is 1.34. The van der Waals surface area contributed by atoms with Crippen molar-refractivity contribution in [1.82, 2.24) is 15.5 Å². The van der Waals surface area contributed by atoms with Crippen molar-refractivity contribution < 1.29 is 18.7 Å². The number of carboxylic acid groups (broad SMARTS) is 1. The Morgan fingerprint density at radius 2 is 2.28 bits per heavy atom. The number of carboxylic acids is 1. The van der Waals surface area contributed by atoms with E-state index in [1.54, 1.807) is 6.07 Å². The normalized spacial score (nSPS) is 10.5. The highest BCUT2D eigenvalue weighted by Gasteiger charge is 2.09. The van der Waals surface area contributed by atoms with Crippen LogP contribution < -0.4 is 5.32 Å². The molecule has 2 rings (SSSR count). The molecular weight excluding hydrogens is 241 g/mol. The summed E-state index contributed by atoms with van der Waals surface area (Å²) >= 11 is 0. The Labute approximate surface area is 101 Å². The number of nitrogens with zero attached hydrogens (tertiary/aromatic N) is 2. The van der Waals surface area contributed by atoms with Crippen LogP contribution in [0, 0.1) is 5.82 Å². The summed E-state index contributed by atoms with van der Waals surface area (Å²) in [7, 11) is 0. The summed E-state index contributed by atoms with van der Waals surface area (Å²) in [5.74, 6) is -0.923. The molecule has 7 heteroatoms. The largest absolute Gasteiger partial charge is 0.480 e. The van der Waals surface area contributed by atoms with Gasteiger partial charge in [-0.3, -0.25) is 10.1 Å². The maximum absolute atomic E-state index is 13.0. The molecule has 0 aliphatic carbocycles. The lowest BCUT2D eigenvalue weighted by Crippen LogP contribution is -2.21. The fraction of sp³-hybridized carbons (Fsp3) is 0.182. The number of carbonyl (C=O) groups is 1. The topological polar surface area (TPSA) is 88.2 Å². The number of benzene rings is 1. The van der Waals surface area contributed by atoms with Crippen LogP contribution in [0.3, 0.4) is 0 Å². The van der Waals surface area contributed by atoms with E-state index in [2.05, 4.69) is 15.5 Å². The van der Waals surface area contributed by atoms with Crippen molar-refractivity contribution in [2.24, 2.45) is 0 Å². The minimum absolute atomic E-state index is 0.147. The molecule has 6 nitrogen and oxygen atoms in total. The Hall–Kier alpha value is -2.28. The molecule has 1 heterocycles. The number of hydrogen-bond donors (Lipinski definition) is 2. The van der Waals surface area contributed by atoms with Gasteiger partial charge in [0.15, 0.2) is 0 Å². The van der Waals surface area contributed by atoms with E-state index in [0.717, 1.165) is 0 Å². The number of nitrogens with one attached hydrogen (secondary N) is 1. The van der Waals surface area contributed by atoms with Crippen LogP contribution in [0.2, 0.25) is 0 Å². The van der Waals surface area contributed by atoms with E-state index < -0.39 is 11.8 Å². The standard InChI is InChI=1S/C11H10FN3O3/c12-8-3-1-2-7(4-8)11-15-14-9(18-11)5-13-6-10(16)17/h1-4,13H,5-6H2,(H,16,17). The third kappa shape index (κ3) is 3.11.